The number of hydrogen-bond donors (Lipinski definition) is 1. The van der Waals surface area contributed by atoms with E-state index in [1.165, 1.54) is 0 Å². The zero-order chi connectivity index (χ0) is 11.6. The van der Waals surface area contributed by atoms with Gasteiger partial charge in [0.15, 0.2) is 6.29 Å². The van der Waals surface area contributed by atoms with Gasteiger partial charge in [0.25, 0.3) is 0 Å². The van der Waals surface area contributed by atoms with Crippen LogP contribution in [0.3, 0.4) is 0 Å². The van der Waals surface area contributed by atoms with Gasteiger partial charge < -0.3 is 14.9 Å². The molecule has 4 heteroatoms. The zero-order valence-electron chi connectivity index (χ0n) is 9.48. The smallest absolute Gasteiger partial charge is 0.153 e. The van der Waals surface area contributed by atoms with E-state index in [4.69, 9.17) is 0 Å². The molecule has 0 aliphatic rings. The molecule has 0 bridgehead atoms. The van der Waals surface area contributed by atoms with E-state index < -0.39 is 0 Å². The van der Waals surface area contributed by atoms with Crippen molar-refractivity contribution in [2.45, 2.75) is 0 Å². The minimum Gasteiger partial charge on any atom is -0.507 e. The standard InChI is InChI=1S/C11H16N2O2/c1-12(2)9-5-8(7-14)11(15)6-10(9)13(3)4/h5-7,15H,1-4H3. The molecule has 1 aromatic rings. The monoisotopic (exact) mass is 208 g/mol. The number of hydrogen-bond acceptors (Lipinski definition) is 4. The van der Waals surface area contributed by atoms with E-state index in [0.717, 1.165) is 11.4 Å². The van der Waals surface area contributed by atoms with Gasteiger partial charge in [-0.15, -0.1) is 0 Å². The Hall–Kier alpha value is -1.71. The number of nitrogens with zero attached hydrogens (tertiary/aromatic N) is 2. The van der Waals surface area contributed by atoms with Gasteiger partial charge in [0.05, 0.1) is 16.9 Å². The van der Waals surface area contributed by atoms with E-state index in [1.54, 1.807) is 12.1 Å². The van der Waals surface area contributed by atoms with Crippen molar-refractivity contribution in [2.24, 2.45) is 0 Å². The maximum Gasteiger partial charge on any atom is 0.153 e. The molecule has 0 aliphatic carbocycles. The van der Waals surface area contributed by atoms with Gasteiger partial charge in [0.2, 0.25) is 0 Å². The lowest BCUT2D eigenvalue weighted by Crippen LogP contribution is -2.17. The number of phenols is 1. The van der Waals surface area contributed by atoms with Crippen LogP contribution in [0, 0.1) is 0 Å². The summed E-state index contributed by atoms with van der Waals surface area (Å²) in [6, 6.07) is 3.27. The lowest BCUT2D eigenvalue weighted by atomic mass is 10.1. The molecule has 0 fully saturated rings. The van der Waals surface area contributed by atoms with Crippen molar-refractivity contribution < 1.29 is 9.90 Å². The highest BCUT2D eigenvalue weighted by Gasteiger charge is 2.11. The highest BCUT2D eigenvalue weighted by Crippen LogP contribution is 2.32. The molecule has 0 aromatic heterocycles. The van der Waals surface area contributed by atoms with Crippen LogP contribution >= 0.6 is 0 Å². The van der Waals surface area contributed by atoms with Gasteiger partial charge in [-0.3, -0.25) is 4.79 Å². The molecule has 0 amide bonds. The van der Waals surface area contributed by atoms with Crippen LogP contribution in [0.5, 0.6) is 5.75 Å². The SMILES string of the molecule is CN(C)c1cc(O)c(C=O)cc1N(C)C. The largest absolute Gasteiger partial charge is 0.507 e. The van der Waals surface area contributed by atoms with E-state index in [1.807, 2.05) is 38.0 Å². The molecule has 0 unspecified atom stereocenters. The van der Waals surface area contributed by atoms with Crippen LogP contribution in [0.4, 0.5) is 11.4 Å². The zero-order valence-corrected chi connectivity index (χ0v) is 9.48. The maximum atomic E-state index is 10.7. The summed E-state index contributed by atoms with van der Waals surface area (Å²) < 4.78 is 0. The number of carbonyl (C=O) groups excluding carboxylic acids is 1. The fourth-order valence-electron chi connectivity index (χ4n) is 1.39. The highest BCUT2D eigenvalue weighted by atomic mass is 16.3. The third-order valence-corrected chi connectivity index (χ3v) is 2.21. The molecule has 1 rings (SSSR count). The molecule has 82 valence electrons. The minimum absolute atomic E-state index is 0.0132. The average Bonchev–Trinajstić information content (AvgIpc) is 2.16. The number of aromatic hydroxyl groups is 1. The van der Waals surface area contributed by atoms with Crippen molar-refractivity contribution in [2.75, 3.05) is 38.0 Å². The van der Waals surface area contributed by atoms with Gasteiger partial charge in [-0.2, -0.15) is 0 Å². The first-order valence-corrected chi connectivity index (χ1v) is 4.64. The number of carbonyl (C=O) groups is 1. The van der Waals surface area contributed by atoms with Crippen LogP contribution in [-0.4, -0.2) is 39.6 Å². The molecule has 0 aliphatic heterocycles. The third-order valence-electron chi connectivity index (χ3n) is 2.21. The van der Waals surface area contributed by atoms with E-state index >= 15 is 0 Å². The minimum atomic E-state index is 0.0132. The number of rotatable bonds is 3. The highest BCUT2D eigenvalue weighted by molar-refractivity contribution is 5.86. The Kier molecular flexibility index (Phi) is 3.19. The second-order valence-corrected chi connectivity index (χ2v) is 3.81. The first-order valence-electron chi connectivity index (χ1n) is 4.64. The molecule has 1 N–H and O–H groups in total. The summed E-state index contributed by atoms with van der Waals surface area (Å²) >= 11 is 0. The second-order valence-electron chi connectivity index (χ2n) is 3.81. The van der Waals surface area contributed by atoms with Crippen molar-refractivity contribution in [3.05, 3.63) is 17.7 Å². The molecule has 15 heavy (non-hydrogen) atoms. The average molecular weight is 208 g/mol. The van der Waals surface area contributed by atoms with E-state index in [9.17, 15) is 9.90 Å². The summed E-state index contributed by atoms with van der Waals surface area (Å²) in [5.41, 5.74) is 2.09. The van der Waals surface area contributed by atoms with Crippen molar-refractivity contribution >= 4 is 17.7 Å². The van der Waals surface area contributed by atoms with Gasteiger partial charge in [0.1, 0.15) is 5.75 Å². The summed E-state index contributed by atoms with van der Waals surface area (Å²) in [4.78, 5) is 14.5. The first-order chi connectivity index (χ1) is 6.97. The van der Waals surface area contributed by atoms with Crippen molar-refractivity contribution in [1.29, 1.82) is 0 Å². The van der Waals surface area contributed by atoms with Crippen molar-refractivity contribution in [3.63, 3.8) is 0 Å². The molecule has 0 heterocycles. The molecule has 0 radical (unpaired) electrons. The Morgan fingerprint density at radius 1 is 1.07 bits per heavy atom. The molecule has 1 aromatic carbocycles. The van der Waals surface area contributed by atoms with Crippen LogP contribution in [0.2, 0.25) is 0 Å². The first kappa shape index (κ1) is 11.4. The molecule has 0 saturated heterocycles. The summed E-state index contributed by atoms with van der Waals surface area (Å²) in [6.45, 7) is 0. The van der Waals surface area contributed by atoms with Gasteiger partial charge in [-0.25, -0.2) is 0 Å². The Balaban J connectivity index is 3.38. The van der Waals surface area contributed by atoms with Crippen molar-refractivity contribution in [1.82, 2.24) is 0 Å². The summed E-state index contributed by atoms with van der Waals surface area (Å²) in [7, 11) is 7.58. The van der Waals surface area contributed by atoms with Crippen LogP contribution < -0.4 is 9.80 Å². The molecule has 4 nitrogen and oxygen atoms in total. The Morgan fingerprint density at radius 2 is 1.53 bits per heavy atom. The van der Waals surface area contributed by atoms with Gasteiger partial charge in [-0.1, -0.05) is 0 Å². The fraction of sp³-hybridized carbons (Fsp3) is 0.364. The fourth-order valence-corrected chi connectivity index (χ4v) is 1.39. The van der Waals surface area contributed by atoms with E-state index in [0.29, 0.717) is 11.8 Å². The predicted octanol–water partition coefficient (Wildman–Crippen LogP) is 1.34. The molecular formula is C11H16N2O2. The normalized spacial score (nSPS) is 9.87. The second kappa shape index (κ2) is 4.21. The Morgan fingerprint density at radius 3 is 1.93 bits per heavy atom. The summed E-state index contributed by atoms with van der Waals surface area (Å²) in [5, 5.41) is 9.57. The number of phenolic OH excluding ortho intramolecular Hbond substituents is 1. The quantitative estimate of drug-likeness (QED) is 0.761. The lowest BCUT2D eigenvalue weighted by molar-refractivity contribution is 0.112. The maximum absolute atomic E-state index is 10.7. The predicted molar refractivity (Wildman–Crippen MR) is 62.1 cm³/mol. The van der Waals surface area contributed by atoms with Crippen LogP contribution in [0.15, 0.2) is 12.1 Å². The Bertz CT molecular complexity index is 373. The molecule has 0 atom stereocenters. The summed E-state index contributed by atoms with van der Waals surface area (Å²) in [5.74, 6) is 0.0132. The van der Waals surface area contributed by atoms with Crippen LogP contribution in [0.1, 0.15) is 10.4 Å². The molecule has 0 saturated carbocycles. The number of aldehydes is 1. The molecular weight excluding hydrogens is 192 g/mol. The number of benzene rings is 1. The Labute approximate surface area is 89.7 Å². The van der Waals surface area contributed by atoms with E-state index in [2.05, 4.69) is 0 Å². The van der Waals surface area contributed by atoms with Gasteiger partial charge in [-0.05, 0) is 6.07 Å². The number of anilines is 2. The van der Waals surface area contributed by atoms with E-state index in [-0.39, 0.29) is 5.75 Å². The van der Waals surface area contributed by atoms with Crippen LogP contribution in [-0.2, 0) is 0 Å². The molecule has 0 spiro atoms. The third kappa shape index (κ3) is 2.21. The van der Waals surface area contributed by atoms with Gasteiger partial charge >= 0.3 is 0 Å². The van der Waals surface area contributed by atoms with Crippen LogP contribution in [0.25, 0.3) is 0 Å². The summed E-state index contributed by atoms with van der Waals surface area (Å²) in [6.07, 6.45) is 0.655. The van der Waals surface area contributed by atoms with Gasteiger partial charge in [0, 0.05) is 34.3 Å². The van der Waals surface area contributed by atoms with Crippen molar-refractivity contribution in [3.8, 4) is 5.75 Å². The lowest BCUT2D eigenvalue weighted by Gasteiger charge is -2.23. The topological polar surface area (TPSA) is 43.8 Å².